The zero-order valence-electron chi connectivity index (χ0n) is 12.7. The van der Waals surface area contributed by atoms with Crippen molar-refractivity contribution in [3.8, 4) is 0 Å². The zero-order valence-corrected chi connectivity index (χ0v) is 12.7. The first-order valence-electron chi connectivity index (χ1n) is 6.59. The highest BCUT2D eigenvalue weighted by atomic mass is 16.6. The first-order valence-corrected chi connectivity index (χ1v) is 6.59. The van der Waals surface area contributed by atoms with Crippen LogP contribution in [0.25, 0.3) is 0 Å². The van der Waals surface area contributed by atoms with Crippen LogP contribution in [0.15, 0.2) is 0 Å². The number of hydrogen-bond acceptors (Lipinski definition) is 4. The van der Waals surface area contributed by atoms with Crippen LogP contribution in [0.2, 0.25) is 0 Å². The Hall–Kier alpha value is -0.810. The maximum Gasteiger partial charge on any atom is 0.408 e. The van der Waals surface area contributed by atoms with Crippen LogP contribution in [-0.4, -0.2) is 35.7 Å². The first kappa shape index (κ1) is 19.5. The number of ether oxygens (including phenoxy) is 2. The molecular formula is C13H29NO4. The minimum atomic E-state index is -0.998. The van der Waals surface area contributed by atoms with Crippen molar-refractivity contribution in [3.63, 3.8) is 0 Å². The molecule has 0 aliphatic rings. The van der Waals surface area contributed by atoms with Crippen molar-refractivity contribution in [3.05, 3.63) is 0 Å². The van der Waals surface area contributed by atoms with Crippen LogP contribution in [0.3, 0.4) is 0 Å². The second kappa shape index (κ2) is 10.1. The van der Waals surface area contributed by atoms with E-state index in [1.54, 1.807) is 27.7 Å². The maximum absolute atomic E-state index is 11.4. The fraction of sp³-hybridized carbons (Fsp3) is 0.923. The fourth-order valence-electron chi connectivity index (χ4n) is 1.12. The molecule has 0 radical (unpaired) electrons. The summed E-state index contributed by atoms with van der Waals surface area (Å²) >= 11 is 0. The smallest absolute Gasteiger partial charge is 0.408 e. The number of carbonyl (C=O) groups is 1. The van der Waals surface area contributed by atoms with Gasteiger partial charge in [0.2, 0.25) is 0 Å². The van der Waals surface area contributed by atoms with Gasteiger partial charge >= 0.3 is 6.09 Å². The molecule has 0 rings (SSSR count). The lowest BCUT2D eigenvalue weighted by atomic mass is 10.2. The first-order chi connectivity index (χ1) is 8.30. The third kappa shape index (κ3) is 10.4. The Kier molecular flexibility index (Phi) is 11.0. The standard InChI is InChI=1S/C11H23NO4.C2H6/c1-6-8(9(13)15-7-2)12-10(14)16-11(3,4)5;1-2/h8-9,13H,6-7H2,1-5H3,(H,12,14);1-2H3. The molecule has 0 bridgehead atoms. The maximum atomic E-state index is 11.4. The molecule has 0 aromatic carbocycles. The molecule has 2 atom stereocenters. The highest BCUT2D eigenvalue weighted by molar-refractivity contribution is 5.68. The van der Waals surface area contributed by atoms with Gasteiger partial charge in [0.05, 0.1) is 6.04 Å². The Morgan fingerprint density at radius 2 is 1.78 bits per heavy atom. The van der Waals surface area contributed by atoms with Gasteiger partial charge in [0.15, 0.2) is 6.29 Å². The number of hydrogen-bond donors (Lipinski definition) is 2. The van der Waals surface area contributed by atoms with E-state index in [0.29, 0.717) is 13.0 Å². The zero-order chi connectivity index (χ0) is 14.8. The third-order valence-corrected chi connectivity index (χ3v) is 1.82. The second-order valence-corrected chi connectivity index (χ2v) is 4.51. The fourth-order valence-corrected chi connectivity index (χ4v) is 1.12. The normalized spacial score (nSPS) is 14.0. The van der Waals surface area contributed by atoms with Crippen LogP contribution in [0.1, 0.15) is 54.9 Å². The molecule has 1 amide bonds. The number of carbonyl (C=O) groups excluding carboxylic acids is 1. The van der Waals surface area contributed by atoms with Gasteiger partial charge in [-0.15, -0.1) is 0 Å². The molecule has 0 aromatic rings. The highest BCUT2D eigenvalue weighted by Gasteiger charge is 2.23. The summed E-state index contributed by atoms with van der Waals surface area (Å²) in [4.78, 5) is 11.4. The SMILES string of the molecule is CC.CCOC(O)C(CC)NC(=O)OC(C)(C)C. The summed E-state index contributed by atoms with van der Waals surface area (Å²) in [5.41, 5.74) is -0.543. The van der Waals surface area contributed by atoms with Gasteiger partial charge in [-0.25, -0.2) is 4.79 Å². The summed E-state index contributed by atoms with van der Waals surface area (Å²) in [7, 11) is 0. The van der Waals surface area contributed by atoms with Crippen molar-refractivity contribution in [2.24, 2.45) is 0 Å². The third-order valence-electron chi connectivity index (χ3n) is 1.82. The molecule has 2 N–H and O–H groups in total. The summed E-state index contributed by atoms with van der Waals surface area (Å²) in [5, 5.41) is 12.1. The van der Waals surface area contributed by atoms with Crippen LogP contribution < -0.4 is 5.32 Å². The summed E-state index contributed by atoms with van der Waals surface area (Å²) in [6, 6.07) is -0.449. The Balaban J connectivity index is 0. The summed E-state index contributed by atoms with van der Waals surface area (Å²) in [6.45, 7) is 13.4. The van der Waals surface area contributed by atoms with Crippen LogP contribution >= 0.6 is 0 Å². The molecule has 5 heteroatoms. The van der Waals surface area contributed by atoms with Gasteiger partial charge in [-0.1, -0.05) is 20.8 Å². The molecule has 18 heavy (non-hydrogen) atoms. The van der Waals surface area contributed by atoms with E-state index in [0.717, 1.165) is 0 Å². The van der Waals surface area contributed by atoms with Crippen molar-refractivity contribution in [1.82, 2.24) is 5.32 Å². The summed E-state index contributed by atoms with van der Waals surface area (Å²) < 4.78 is 10.1. The molecule has 0 aliphatic carbocycles. The van der Waals surface area contributed by atoms with Crippen molar-refractivity contribution in [2.45, 2.75) is 72.8 Å². The number of rotatable bonds is 5. The van der Waals surface area contributed by atoms with E-state index in [1.165, 1.54) is 0 Å². The van der Waals surface area contributed by atoms with Crippen molar-refractivity contribution < 1.29 is 19.4 Å². The second-order valence-electron chi connectivity index (χ2n) is 4.51. The average molecular weight is 263 g/mol. The van der Waals surface area contributed by atoms with Crippen molar-refractivity contribution in [1.29, 1.82) is 0 Å². The minimum Gasteiger partial charge on any atom is -0.444 e. The Labute approximate surface area is 111 Å². The van der Waals surface area contributed by atoms with Crippen molar-refractivity contribution >= 4 is 6.09 Å². The molecule has 2 unspecified atom stereocenters. The molecule has 0 spiro atoms. The van der Waals surface area contributed by atoms with E-state index in [4.69, 9.17) is 9.47 Å². The van der Waals surface area contributed by atoms with Crippen LogP contribution in [-0.2, 0) is 9.47 Å². The number of nitrogens with one attached hydrogen (secondary N) is 1. The highest BCUT2D eigenvalue weighted by Crippen LogP contribution is 2.08. The number of aliphatic hydroxyl groups is 1. The summed E-state index contributed by atoms with van der Waals surface area (Å²) in [6.07, 6.45) is -0.971. The number of alkyl carbamates (subject to hydrolysis) is 1. The van der Waals surface area contributed by atoms with Gasteiger partial charge in [-0.3, -0.25) is 0 Å². The Morgan fingerprint density at radius 1 is 1.28 bits per heavy atom. The minimum absolute atomic E-state index is 0.396. The number of amides is 1. The van der Waals surface area contributed by atoms with Crippen molar-refractivity contribution in [2.75, 3.05) is 6.61 Å². The average Bonchev–Trinajstić information content (AvgIpc) is 2.26. The topological polar surface area (TPSA) is 67.8 Å². The van der Waals surface area contributed by atoms with E-state index in [9.17, 15) is 9.90 Å². The predicted molar refractivity (Wildman–Crippen MR) is 72.4 cm³/mol. The van der Waals surface area contributed by atoms with Crippen LogP contribution in [0.5, 0.6) is 0 Å². The molecular weight excluding hydrogens is 234 g/mol. The van der Waals surface area contributed by atoms with Gasteiger partial charge in [0.25, 0.3) is 0 Å². The molecule has 0 aromatic heterocycles. The van der Waals surface area contributed by atoms with Gasteiger partial charge < -0.3 is 19.9 Å². The van der Waals surface area contributed by atoms with Gasteiger partial charge in [0.1, 0.15) is 5.60 Å². The molecule has 0 heterocycles. The lowest BCUT2D eigenvalue weighted by Gasteiger charge is -2.25. The van der Waals surface area contributed by atoms with E-state index in [1.807, 2.05) is 20.8 Å². The van der Waals surface area contributed by atoms with Crippen LogP contribution in [0, 0.1) is 0 Å². The molecule has 0 saturated carbocycles. The summed E-state index contributed by atoms with van der Waals surface area (Å²) in [5.74, 6) is 0. The van der Waals surface area contributed by atoms with Gasteiger partial charge in [-0.05, 0) is 34.1 Å². The molecule has 5 nitrogen and oxygen atoms in total. The lowest BCUT2D eigenvalue weighted by molar-refractivity contribution is -0.116. The predicted octanol–water partition coefficient (Wildman–Crippen LogP) is 2.67. The van der Waals surface area contributed by atoms with E-state index >= 15 is 0 Å². The van der Waals surface area contributed by atoms with Gasteiger partial charge in [-0.2, -0.15) is 0 Å². The van der Waals surface area contributed by atoms with E-state index < -0.39 is 24.0 Å². The van der Waals surface area contributed by atoms with E-state index in [2.05, 4.69) is 5.32 Å². The van der Waals surface area contributed by atoms with Crippen LogP contribution in [0.4, 0.5) is 4.79 Å². The molecule has 0 aliphatic heterocycles. The molecule has 0 fully saturated rings. The lowest BCUT2D eigenvalue weighted by Crippen LogP contribution is -2.46. The Bertz CT molecular complexity index is 214. The Morgan fingerprint density at radius 3 is 2.11 bits per heavy atom. The van der Waals surface area contributed by atoms with E-state index in [-0.39, 0.29) is 0 Å². The monoisotopic (exact) mass is 263 g/mol. The quantitative estimate of drug-likeness (QED) is 0.748. The van der Waals surface area contributed by atoms with Gasteiger partial charge in [0, 0.05) is 6.61 Å². The molecule has 110 valence electrons. The molecule has 0 saturated heterocycles. The number of aliphatic hydroxyl groups excluding tert-OH is 1. The largest absolute Gasteiger partial charge is 0.444 e.